The third kappa shape index (κ3) is 4.29. The Balaban J connectivity index is 1.67. The molecule has 1 aromatic heterocycles. The zero-order valence-corrected chi connectivity index (χ0v) is 16.1. The van der Waals surface area contributed by atoms with Crippen LogP contribution in [-0.4, -0.2) is 22.8 Å². The molecule has 0 saturated heterocycles. The van der Waals surface area contributed by atoms with Crippen LogP contribution in [0, 0.1) is 12.7 Å². The van der Waals surface area contributed by atoms with Gasteiger partial charge in [0.05, 0.1) is 12.1 Å². The normalized spacial score (nSPS) is 10.8. The van der Waals surface area contributed by atoms with E-state index in [0.29, 0.717) is 16.3 Å². The van der Waals surface area contributed by atoms with Gasteiger partial charge in [-0.1, -0.05) is 47.5 Å². The summed E-state index contributed by atoms with van der Waals surface area (Å²) in [6, 6.07) is 12.6. The molecule has 134 valence electrons. The van der Waals surface area contributed by atoms with Gasteiger partial charge in [0.1, 0.15) is 10.8 Å². The minimum atomic E-state index is -0.410. The first-order valence-electron chi connectivity index (χ1n) is 8.12. The number of halogens is 2. The second-order valence-corrected chi connectivity index (χ2v) is 7.40. The van der Waals surface area contributed by atoms with Gasteiger partial charge in [0, 0.05) is 35.1 Å². The summed E-state index contributed by atoms with van der Waals surface area (Å²) in [4.78, 5) is 18.5. The Bertz CT molecular complexity index is 904. The van der Waals surface area contributed by atoms with Crippen LogP contribution in [0.4, 0.5) is 4.39 Å². The number of likely N-dealkylation sites (N-methyl/N-ethyl adjacent to an activating group) is 1. The van der Waals surface area contributed by atoms with Crippen LogP contribution in [0.5, 0.6) is 0 Å². The SMILES string of the molecule is Cc1ccc(-c2nc(CC(=O)N(C)Cc3c(F)cccc3Cl)cs2)cc1. The minimum absolute atomic E-state index is 0.124. The fourth-order valence-electron chi connectivity index (χ4n) is 2.52. The minimum Gasteiger partial charge on any atom is -0.341 e. The van der Waals surface area contributed by atoms with Crippen molar-refractivity contribution in [3.8, 4) is 10.6 Å². The topological polar surface area (TPSA) is 33.2 Å². The van der Waals surface area contributed by atoms with Crippen LogP contribution in [0.25, 0.3) is 10.6 Å². The van der Waals surface area contributed by atoms with Gasteiger partial charge in [-0.3, -0.25) is 4.79 Å². The number of thiazole rings is 1. The second kappa shape index (κ2) is 7.98. The average molecular weight is 389 g/mol. The number of benzene rings is 2. The van der Waals surface area contributed by atoms with Crippen LogP contribution in [0.1, 0.15) is 16.8 Å². The summed E-state index contributed by atoms with van der Waals surface area (Å²) >= 11 is 7.54. The van der Waals surface area contributed by atoms with E-state index in [-0.39, 0.29) is 18.9 Å². The third-order valence-corrected chi connectivity index (χ3v) is 5.36. The molecule has 3 nitrogen and oxygen atoms in total. The zero-order valence-electron chi connectivity index (χ0n) is 14.5. The van der Waals surface area contributed by atoms with Crippen molar-refractivity contribution in [3.63, 3.8) is 0 Å². The molecule has 0 atom stereocenters. The molecule has 0 aliphatic rings. The molecule has 0 spiro atoms. The Morgan fingerprint density at radius 3 is 2.65 bits per heavy atom. The first-order chi connectivity index (χ1) is 12.4. The second-order valence-electron chi connectivity index (χ2n) is 6.14. The van der Waals surface area contributed by atoms with Crippen molar-refractivity contribution >= 4 is 28.8 Å². The maximum Gasteiger partial charge on any atom is 0.228 e. The fraction of sp³-hybridized carbons (Fsp3) is 0.200. The van der Waals surface area contributed by atoms with Gasteiger partial charge in [-0.25, -0.2) is 9.37 Å². The van der Waals surface area contributed by atoms with Gasteiger partial charge in [-0.2, -0.15) is 0 Å². The van der Waals surface area contributed by atoms with Crippen LogP contribution in [-0.2, 0) is 17.8 Å². The average Bonchev–Trinajstić information content (AvgIpc) is 3.07. The number of aryl methyl sites for hydroxylation is 1. The van der Waals surface area contributed by atoms with Gasteiger partial charge < -0.3 is 4.90 Å². The molecule has 0 N–H and O–H groups in total. The number of aromatic nitrogens is 1. The van der Waals surface area contributed by atoms with E-state index in [0.717, 1.165) is 10.6 Å². The van der Waals surface area contributed by atoms with Gasteiger partial charge in [-0.15, -0.1) is 11.3 Å². The Hall–Kier alpha value is -2.24. The lowest BCUT2D eigenvalue weighted by Gasteiger charge is -2.18. The van der Waals surface area contributed by atoms with Gasteiger partial charge in [0.25, 0.3) is 0 Å². The molecule has 0 aliphatic carbocycles. The maximum absolute atomic E-state index is 13.9. The molecule has 6 heteroatoms. The predicted molar refractivity (Wildman–Crippen MR) is 104 cm³/mol. The van der Waals surface area contributed by atoms with Crippen LogP contribution < -0.4 is 0 Å². The van der Waals surface area contributed by atoms with Gasteiger partial charge >= 0.3 is 0 Å². The Labute approximate surface area is 161 Å². The van der Waals surface area contributed by atoms with Crippen LogP contribution in [0.15, 0.2) is 47.8 Å². The Morgan fingerprint density at radius 2 is 1.96 bits per heavy atom. The fourth-order valence-corrected chi connectivity index (χ4v) is 3.56. The number of nitrogens with zero attached hydrogens (tertiary/aromatic N) is 2. The van der Waals surface area contributed by atoms with Gasteiger partial charge in [0.15, 0.2) is 0 Å². The molecule has 0 bridgehead atoms. The smallest absolute Gasteiger partial charge is 0.228 e. The lowest BCUT2D eigenvalue weighted by atomic mass is 10.1. The van der Waals surface area contributed by atoms with Crippen molar-refractivity contribution in [3.05, 3.63) is 75.5 Å². The number of carbonyl (C=O) groups excluding carboxylic acids is 1. The van der Waals surface area contributed by atoms with E-state index >= 15 is 0 Å². The first-order valence-corrected chi connectivity index (χ1v) is 9.38. The quantitative estimate of drug-likeness (QED) is 0.608. The number of rotatable bonds is 5. The largest absolute Gasteiger partial charge is 0.341 e. The number of hydrogen-bond acceptors (Lipinski definition) is 3. The highest BCUT2D eigenvalue weighted by Crippen LogP contribution is 2.25. The molecular formula is C20H18ClFN2OS. The highest BCUT2D eigenvalue weighted by Gasteiger charge is 2.16. The molecule has 0 aliphatic heterocycles. The van der Waals surface area contributed by atoms with Crippen LogP contribution >= 0.6 is 22.9 Å². The van der Waals surface area contributed by atoms with E-state index in [1.807, 2.05) is 36.6 Å². The Kier molecular flexibility index (Phi) is 5.69. The summed E-state index contributed by atoms with van der Waals surface area (Å²) in [5.41, 5.74) is 3.26. The van der Waals surface area contributed by atoms with Crippen molar-refractivity contribution in [1.29, 1.82) is 0 Å². The summed E-state index contributed by atoms with van der Waals surface area (Å²) in [6.45, 7) is 2.16. The van der Waals surface area contributed by atoms with Crippen molar-refractivity contribution in [2.45, 2.75) is 19.9 Å². The molecule has 1 amide bonds. The molecule has 26 heavy (non-hydrogen) atoms. The van der Waals surface area contributed by atoms with Crippen LogP contribution in [0.2, 0.25) is 5.02 Å². The first kappa shape index (κ1) is 18.5. The zero-order chi connectivity index (χ0) is 18.7. The number of carbonyl (C=O) groups is 1. The molecule has 0 fully saturated rings. The molecule has 0 saturated carbocycles. The molecular weight excluding hydrogens is 371 g/mol. The Morgan fingerprint density at radius 1 is 1.23 bits per heavy atom. The lowest BCUT2D eigenvalue weighted by molar-refractivity contribution is -0.129. The summed E-state index contributed by atoms with van der Waals surface area (Å²) < 4.78 is 13.9. The predicted octanol–water partition coefficient (Wildman–Crippen LogP) is 5.11. The lowest BCUT2D eigenvalue weighted by Crippen LogP contribution is -2.28. The van der Waals surface area contributed by atoms with E-state index in [9.17, 15) is 9.18 Å². The molecule has 0 unspecified atom stereocenters. The van der Waals surface area contributed by atoms with Crippen molar-refractivity contribution in [2.24, 2.45) is 0 Å². The number of amides is 1. The summed E-state index contributed by atoms with van der Waals surface area (Å²) in [6.07, 6.45) is 0.172. The van der Waals surface area contributed by atoms with Gasteiger partial charge in [0.2, 0.25) is 5.91 Å². The van der Waals surface area contributed by atoms with Crippen molar-refractivity contribution in [2.75, 3.05) is 7.05 Å². The standard InChI is InChI=1S/C20H18ClFN2OS/c1-13-6-8-14(9-7-13)20-23-15(12-26-20)10-19(25)24(2)11-16-17(21)4-3-5-18(16)22/h3-9,12H,10-11H2,1-2H3. The van der Waals surface area contributed by atoms with E-state index in [4.69, 9.17) is 11.6 Å². The summed E-state index contributed by atoms with van der Waals surface area (Å²) in [7, 11) is 1.64. The van der Waals surface area contributed by atoms with Crippen LogP contribution in [0.3, 0.4) is 0 Å². The summed E-state index contributed by atoms with van der Waals surface area (Å²) in [5.74, 6) is -0.544. The van der Waals surface area contributed by atoms with E-state index < -0.39 is 5.82 Å². The molecule has 0 radical (unpaired) electrons. The molecule has 3 rings (SSSR count). The summed E-state index contributed by atoms with van der Waals surface area (Å²) in [5, 5.41) is 3.09. The van der Waals surface area contributed by atoms with Crippen molar-refractivity contribution in [1.82, 2.24) is 9.88 Å². The third-order valence-electron chi connectivity index (χ3n) is 4.07. The molecule has 1 heterocycles. The number of hydrogen-bond donors (Lipinski definition) is 0. The monoisotopic (exact) mass is 388 g/mol. The van der Waals surface area contributed by atoms with Crippen molar-refractivity contribution < 1.29 is 9.18 Å². The highest BCUT2D eigenvalue weighted by molar-refractivity contribution is 7.13. The molecule has 2 aromatic carbocycles. The van der Waals surface area contributed by atoms with Gasteiger partial charge in [-0.05, 0) is 19.1 Å². The van der Waals surface area contributed by atoms with E-state index in [2.05, 4.69) is 4.98 Å². The van der Waals surface area contributed by atoms with E-state index in [1.54, 1.807) is 19.2 Å². The molecule has 3 aromatic rings. The highest BCUT2D eigenvalue weighted by atomic mass is 35.5. The maximum atomic E-state index is 13.9. The van der Waals surface area contributed by atoms with E-state index in [1.165, 1.54) is 27.9 Å².